The fourth-order valence-electron chi connectivity index (χ4n) is 2.95. The molecular weight excluding hydrogens is 288 g/mol. The lowest BCUT2D eigenvalue weighted by Crippen LogP contribution is -2.35. The van der Waals surface area contributed by atoms with Gasteiger partial charge in [0.05, 0.1) is 0 Å². The second-order valence-corrected chi connectivity index (χ2v) is 6.17. The van der Waals surface area contributed by atoms with Crippen LogP contribution in [-0.4, -0.2) is 36.2 Å². The summed E-state index contributed by atoms with van der Waals surface area (Å²) in [5.74, 6) is 1.38. The molecule has 0 radical (unpaired) electrons. The second-order valence-electron chi connectivity index (χ2n) is 6.17. The van der Waals surface area contributed by atoms with Crippen LogP contribution in [-0.2, 0) is 0 Å². The number of benzene rings is 1. The monoisotopic (exact) mass is 310 g/mol. The predicted molar refractivity (Wildman–Crippen MR) is 91.8 cm³/mol. The second kappa shape index (κ2) is 6.77. The normalized spacial score (nSPS) is 17.8. The molecule has 1 atom stereocenters. The van der Waals surface area contributed by atoms with Crippen molar-refractivity contribution in [1.82, 2.24) is 10.2 Å². The van der Waals surface area contributed by atoms with Crippen molar-refractivity contribution in [1.29, 1.82) is 0 Å². The first-order valence-corrected chi connectivity index (χ1v) is 8.07. The molecule has 1 fully saturated rings. The first kappa shape index (κ1) is 15.5. The highest BCUT2D eigenvalue weighted by molar-refractivity contribution is 6.04. The van der Waals surface area contributed by atoms with Gasteiger partial charge in [0.25, 0.3) is 5.91 Å². The van der Waals surface area contributed by atoms with E-state index in [1.807, 2.05) is 36.4 Å². The Bertz CT molecular complexity index is 656. The summed E-state index contributed by atoms with van der Waals surface area (Å²) in [6, 6.07) is 13.2. The van der Waals surface area contributed by atoms with Crippen LogP contribution in [0.2, 0.25) is 0 Å². The smallest absolute Gasteiger partial charge is 0.278 e. The van der Waals surface area contributed by atoms with Crippen molar-refractivity contribution in [3.8, 4) is 0 Å². The van der Waals surface area contributed by atoms with Crippen molar-refractivity contribution in [2.45, 2.75) is 19.8 Å². The van der Waals surface area contributed by atoms with E-state index in [1.165, 1.54) is 12.8 Å². The third-order valence-electron chi connectivity index (χ3n) is 4.30. The van der Waals surface area contributed by atoms with Gasteiger partial charge in [0.15, 0.2) is 11.5 Å². The third-order valence-corrected chi connectivity index (χ3v) is 4.30. The molecule has 1 aliphatic heterocycles. The fourth-order valence-corrected chi connectivity index (χ4v) is 2.95. The number of anilines is 2. The molecule has 1 aromatic carbocycles. The number of aromatic nitrogens is 2. The quantitative estimate of drug-likeness (QED) is 0.874. The van der Waals surface area contributed by atoms with Crippen LogP contribution in [0.15, 0.2) is 42.5 Å². The van der Waals surface area contributed by atoms with Crippen LogP contribution in [0.3, 0.4) is 0 Å². The molecule has 0 spiro atoms. The number of carbonyl (C=O) groups excluding carboxylic acids is 1. The third kappa shape index (κ3) is 3.50. The van der Waals surface area contributed by atoms with Crippen LogP contribution in [0.1, 0.15) is 30.3 Å². The van der Waals surface area contributed by atoms with Crippen molar-refractivity contribution >= 4 is 17.4 Å². The summed E-state index contributed by atoms with van der Waals surface area (Å²) in [5, 5.41) is 8.40. The van der Waals surface area contributed by atoms with Crippen molar-refractivity contribution in [2.75, 3.05) is 29.9 Å². The number of hydrogen-bond acceptors (Lipinski definition) is 4. The maximum absolute atomic E-state index is 12.5. The number of rotatable bonds is 3. The summed E-state index contributed by atoms with van der Waals surface area (Å²) in [7, 11) is 1.75. The number of carbonyl (C=O) groups is 1. The maximum Gasteiger partial charge on any atom is 0.278 e. The van der Waals surface area contributed by atoms with E-state index in [1.54, 1.807) is 18.0 Å². The highest BCUT2D eigenvalue weighted by Crippen LogP contribution is 2.21. The lowest BCUT2D eigenvalue weighted by Gasteiger charge is -2.31. The molecule has 1 amide bonds. The van der Waals surface area contributed by atoms with Gasteiger partial charge < -0.3 is 9.80 Å². The van der Waals surface area contributed by atoms with E-state index in [4.69, 9.17) is 0 Å². The summed E-state index contributed by atoms with van der Waals surface area (Å²) in [5.41, 5.74) is 1.21. The summed E-state index contributed by atoms with van der Waals surface area (Å²) < 4.78 is 0. The Labute approximate surface area is 136 Å². The van der Waals surface area contributed by atoms with Gasteiger partial charge in [-0.15, -0.1) is 10.2 Å². The van der Waals surface area contributed by atoms with Gasteiger partial charge in [0, 0.05) is 25.8 Å². The topological polar surface area (TPSA) is 49.3 Å². The highest BCUT2D eigenvalue weighted by atomic mass is 16.2. The zero-order valence-corrected chi connectivity index (χ0v) is 13.6. The van der Waals surface area contributed by atoms with Crippen molar-refractivity contribution in [3.05, 3.63) is 48.2 Å². The van der Waals surface area contributed by atoms with Crippen LogP contribution in [0, 0.1) is 5.92 Å². The molecule has 5 heteroatoms. The van der Waals surface area contributed by atoms with Gasteiger partial charge in [0.1, 0.15) is 0 Å². The van der Waals surface area contributed by atoms with E-state index in [-0.39, 0.29) is 5.91 Å². The lowest BCUT2D eigenvalue weighted by atomic mass is 10.0. The van der Waals surface area contributed by atoms with Gasteiger partial charge in [0.2, 0.25) is 0 Å². The van der Waals surface area contributed by atoms with E-state index >= 15 is 0 Å². The highest BCUT2D eigenvalue weighted by Gasteiger charge is 2.19. The summed E-state index contributed by atoms with van der Waals surface area (Å²) >= 11 is 0. The zero-order chi connectivity index (χ0) is 16.2. The summed E-state index contributed by atoms with van der Waals surface area (Å²) in [4.78, 5) is 16.3. The van der Waals surface area contributed by atoms with Crippen LogP contribution in [0.4, 0.5) is 11.5 Å². The summed E-state index contributed by atoms with van der Waals surface area (Å²) in [6.07, 6.45) is 2.45. The average molecular weight is 310 g/mol. The molecule has 5 nitrogen and oxygen atoms in total. The number of piperidine rings is 1. The SMILES string of the molecule is CC1CCCN(c2ccc(C(=O)N(C)c3ccccc3)nn2)C1. The Morgan fingerprint density at radius 3 is 2.61 bits per heavy atom. The summed E-state index contributed by atoms with van der Waals surface area (Å²) in [6.45, 7) is 4.27. The standard InChI is InChI=1S/C18H22N4O/c1-14-7-6-12-22(13-14)17-11-10-16(19-20-17)18(23)21(2)15-8-4-3-5-9-15/h3-5,8-11,14H,6-7,12-13H2,1-2H3. The molecule has 0 aliphatic carbocycles. The minimum absolute atomic E-state index is 0.151. The Balaban J connectivity index is 1.73. The van der Waals surface area contributed by atoms with Gasteiger partial charge in [-0.25, -0.2) is 0 Å². The van der Waals surface area contributed by atoms with E-state index in [0.29, 0.717) is 11.6 Å². The van der Waals surface area contributed by atoms with Crippen molar-refractivity contribution in [2.24, 2.45) is 5.92 Å². The van der Waals surface area contributed by atoms with Crippen LogP contribution in [0.25, 0.3) is 0 Å². The van der Waals surface area contributed by atoms with Gasteiger partial charge in [-0.3, -0.25) is 4.79 Å². The van der Waals surface area contributed by atoms with E-state index < -0.39 is 0 Å². The average Bonchev–Trinajstić information content (AvgIpc) is 2.61. The molecule has 23 heavy (non-hydrogen) atoms. The number of amides is 1. The molecule has 1 unspecified atom stereocenters. The maximum atomic E-state index is 12.5. The minimum atomic E-state index is -0.151. The first-order valence-electron chi connectivity index (χ1n) is 8.07. The van der Waals surface area contributed by atoms with Crippen molar-refractivity contribution < 1.29 is 4.79 Å². The predicted octanol–water partition coefficient (Wildman–Crippen LogP) is 2.99. The molecule has 1 aromatic heterocycles. The molecule has 1 aliphatic rings. The van der Waals surface area contributed by atoms with Crippen LogP contribution < -0.4 is 9.80 Å². The lowest BCUT2D eigenvalue weighted by molar-refractivity contribution is 0.0987. The Morgan fingerprint density at radius 1 is 1.17 bits per heavy atom. The van der Waals surface area contributed by atoms with Crippen LogP contribution in [0.5, 0.6) is 0 Å². The largest absolute Gasteiger partial charge is 0.355 e. The molecule has 2 heterocycles. The molecule has 120 valence electrons. The Morgan fingerprint density at radius 2 is 1.96 bits per heavy atom. The molecule has 3 rings (SSSR count). The Hall–Kier alpha value is -2.43. The first-order chi connectivity index (χ1) is 11.1. The van der Waals surface area contributed by atoms with Gasteiger partial charge in [-0.05, 0) is 43.0 Å². The van der Waals surface area contributed by atoms with E-state index in [2.05, 4.69) is 22.0 Å². The van der Waals surface area contributed by atoms with Gasteiger partial charge in [-0.2, -0.15) is 0 Å². The number of nitrogens with zero attached hydrogens (tertiary/aromatic N) is 4. The van der Waals surface area contributed by atoms with E-state index in [0.717, 1.165) is 24.6 Å². The number of hydrogen-bond donors (Lipinski definition) is 0. The van der Waals surface area contributed by atoms with Gasteiger partial charge >= 0.3 is 0 Å². The molecule has 0 saturated carbocycles. The Kier molecular flexibility index (Phi) is 4.55. The van der Waals surface area contributed by atoms with E-state index in [9.17, 15) is 4.79 Å². The molecule has 1 saturated heterocycles. The van der Waals surface area contributed by atoms with Crippen LogP contribution >= 0.6 is 0 Å². The molecule has 0 bridgehead atoms. The van der Waals surface area contributed by atoms with Gasteiger partial charge in [-0.1, -0.05) is 25.1 Å². The zero-order valence-electron chi connectivity index (χ0n) is 13.6. The number of para-hydroxylation sites is 1. The molecule has 0 N–H and O–H groups in total. The van der Waals surface area contributed by atoms with Crippen molar-refractivity contribution in [3.63, 3.8) is 0 Å². The molecule has 2 aromatic rings. The fraction of sp³-hybridized carbons (Fsp3) is 0.389. The minimum Gasteiger partial charge on any atom is -0.355 e. The molecular formula is C18H22N4O.